The van der Waals surface area contributed by atoms with E-state index in [0.29, 0.717) is 41.1 Å². The summed E-state index contributed by atoms with van der Waals surface area (Å²) in [6, 6.07) is 18.1. The quantitative estimate of drug-likeness (QED) is 0.463. The van der Waals surface area contributed by atoms with Crippen LogP contribution in [0.5, 0.6) is 0 Å². The molecule has 0 saturated heterocycles. The van der Waals surface area contributed by atoms with Crippen LogP contribution in [-0.2, 0) is 19.5 Å². The highest BCUT2D eigenvalue weighted by atomic mass is 32.1. The van der Waals surface area contributed by atoms with Gasteiger partial charge in [-0.3, -0.25) is 9.78 Å². The van der Waals surface area contributed by atoms with Gasteiger partial charge in [0, 0.05) is 31.2 Å². The van der Waals surface area contributed by atoms with Gasteiger partial charge < -0.3 is 15.3 Å². The van der Waals surface area contributed by atoms with Crippen molar-refractivity contribution in [1.82, 2.24) is 9.88 Å². The molecule has 0 aliphatic carbocycles. The van der Waals surface area contributed by atoms with Crippen LogP contribution in [0.15, 0.2) is 66.2 Å². The Bertz CT molecular complexity index is 1320. The molecule has 0 atom stereocenters. The van der Waals surface area contributed by atoms with E-state index >= 15 is 0 Å². The Morgan fingerprint density at radius 2 is 1.78 bits per heavy atom. The first-order valence-electron chi connectivity index (χ1n) is 10.4. The van der Waals surface area contributed by atoms with E-state index in [1.165, 1.54) is 23.1 Å². The number of rotatable bonds is 5. The number of amides is 1. The number of aromatic nitrogens is 1. The molecule has 32 heavy (non-hydrogen) atoms. The Labute approximate surface area is 189 Å². The summed E-state index contributed by atoms with van der Waals surface area (Å²) in [5.74, 6) is -1.13. The number of nitrogens with one attached hydrogen (secondary N) is 1. The summed E-state index contributed by atoms with van der Waals surface area (Å²) < 4.78 is 0.682. The predicted molar refractivity (Wildman–Crippen MR) is 125 cm³/mol. The molecule has 0 saturated carbocycles. The van der Waals surface area contributed by atoms with E-state index in [1.807, 2.05) is 47.4 Å². The summed E-state index contributed by atoms with van der Waals surface area (Å²) in [7, 11) is 0. The number of carboxylic acids is 1. The summed E-state index contributed by atoms with van der Waals surface area (Å²) in [6.45, 7) is 1.70. The summed E-state index contributed by atoms with van der Waals surface area (Å²) in [4.78, 5) is 31.4. The van der Waals surface area contributed by atoms with Gasteiger partial charge in [-0.15, -0.1) is 11.3 Å². The van der Waals surface area contributed by atoms with E-state index in [1.54, 1.807) is 5.38 Å². The Balaban J connectivity index is 1.53. The second-order valence-corrected chi connectivity index (χ2v) is 8.64. The van der Waals surface area contributed by atoms with Gasteiger partial charge in [0.05, 0.1) is 27.0 Å². The number of nitrogens with zero attached hydrogens (tertiary/aromatic N) is 2. The zero-order chi connectivity index (χ0) is 22.1. The molecular weight excluding hydrogens is 422 g/mol. The van der Waals surface area contributed by atoms with E-state index in [9.17, 15) is 14.7 Å². The molecule has 0 radical (unpaired) electrons. The molecule has 2 aromatic heterocycles. The monoisotopic (exact) mass is 443 g/mol. The van der Waals surface area contributed by atoms with E-state index in [2.05, 4.69) is 22.4 Å². The normalized spacial score (nSPS) is 13.1. The van der Waals surface area contributed by atoms with Crippen LogP contribution < -0.4 is 5.32 Å². The fourth-order valence-electron chi connectivity index (χ4n) is 4.09. The van der Waals surface area contributed by atoms with Crippen molar-refractivity contribution in [3.05, 3.63) is 94.0 Å². The van der Waals surface area contributed by atoms with Crippen molar-refractivity contribution in [2.45, 2.75) is 19.5 Å². The van der Waals surface area contributed by atoms with Gasteiger partial charge >= 0.3 is 5.97 Å². The lowest BCUT2D eigenvalue weighted by molar-refractivity contribution is 0.0697. The maximum atomic E-state index is 13.6. The van der Waals surface area contributed by atoms with Crippen LogP contribution in [0, 0.1) is 0 Å². The first-order chi connectivity index (χ1) is 15.6. The van der Waals surface area contributed by atoms with Crippen molar-refractivity contribution >= 4 is 39.1 Å². The van der Waals surface area contributed by atoms with Crippen LogP contribution in [-0.4, -0.2) is 33.4 Å². The van der Waals surface area contributed by atoms with E-state index in [0.717, 1.165) is 17.5 Å². The van der Waals surface area contributed by atoms with Crippen molar-refractivity contribution < 1.29 is 14.7 Å². The summed E-state index contributed by atoms with van der Waals surface area (Å²) in [5.41, 5.74) is 5.16. The minimum absolute atomic E-state index is 0.102. The van der Waals surface area contributed by atoms with Gasteiger partial charge in [-0.1, -0.05) is 54.6 Å². The Morgan fingerprint density at radius 1 is 1.03 bits per heavy atom. The van der Waals surface area contributed by atoms with Crippen molar-refractivity contribution in [3.63, 3.8) is 0 Å². The van der Waals surface area contributed by atoms with Crippen molar-refractivity contribution in [3.8, 4) is 0 Å². The molecule has 2 aromatic carbocycles. The lowest BCUT2D eigenvalue weighted by Crippen LogP contribution is -2.36. The number of fused-ring (bicyclic) bond motifs is 2. The molecule has 0 bridgehead atoms. The lowest BCUT2D eigenvalue weighted by atomic mass is 9.99. The molecule has 160 valence electrons. The van der Waals surface area contributed by atoms with E-state index in [-0.39, 0.29) is 11.5 Å². The summed E-state index contributed by atoms with van der Waals surface area (Å²) in [5, 5.41) is 14.5. The van der Waals surface area contributed by atoms with Crippen LogP contribution in [0.1, 0.15) is 37.4 Å². The molecule has 1 aliphatic heterocycles. The van der Waals surface area contributed by atoms with Crippen LogP contribution in [0.4, 0.5) is 5.69 Å². The molecule has 0 spiro atoms. The molecule has 0 fully saturated rings. The molecule has 1 amide bonds. The van der Waals surface area contributed by atoms with Gasteiger partial charge in [0.25, 0.3) is 5.91 Å². The Hall–Kier alpha value is -3.71. The lowest BCUT2D eigenvalue weighted by Gasteiger charge is -2.29. The number of benzene rings is 2. The van der Waals surface area contributed by atoms with Gasteiger partial charge in [-0.25, -0.2) is 4.79 Å². The summed E-state index contributed by atoms with van der Waals surface area (Å²) >= 11 is 1.29. The highest BCUT2D eigenvalue weighted by Crippen LogP contribution is 2.35. The van der Waals surface area contributed by atoms with Crippen LogP contribution in [0.3, 0.4) is 0 Å². The van der Waals surface area contributed by atoms with Crippen molar-refractivity contribution in [1.29, 1.82) is 0 Å². The van der Waals surface area contributed by atoms with Crippen molar-refractivity contribution in [2.75, 3.05) is 11.9 Å². The van der Waals surface area contributed by atoms with E-state index < -0.39 is 5.97 Å². The highest BCUT2D eigenvalue weighted by molar-refractivity contribution is 7.18. The molecule has 2 N–H and O–H groups in total. The topological polar surface area (TPSA) is 82.5 Å². The molecule has 1 aliphatic rings. The smallest absolute Gasteiger partial charge is 0.338 e. The number of anilines is 1. The van der Waals surface area contributed by atoms with Crippen molar-refractivity contribution in [2.24, 2.45) is 0 Å². The second-order valence-electron chi connectivity index (χ2n) is 7.76. The van der Waals surface area contributed by atoms with Crippen LogP contribution in [0.2, 0.25) is 0 Å². The zero-order valence-corrected chi connectivity index (χ0v) is 18.1. The first kappa shape index (κ1) is 20.2. The predicted octanol–water partition coefficient (Wildman–Crippen LogP) is 4.81. The Morgan fingerprint density at radius 3 is 2.56 bits per heavy atom. The first-order valence-corrected chi connectivity index (χ1v) is 11.3. The SMILES string of the molecule is O=C(O)c1csc2c(NCc3ccccc3)c(C(=O)N3CCc4ccccc4C3)cnc12. The molecule has 3 heterocycles. The standard InChI is InChI=1S/C25H21N3O3S/c29-24(28-11-10-17-8-4-5-9-18(17)14-28)19-13-27-22-20(25(30)31)15-32-23(22)21(19)26-12-16-6-2-1-3-7-16/h1-9,13,15H,10-12,14H2,(H,26,27)(H,30,31). The minimum Gasteiger partial charge on any atom is -0.478 e. The third-order valence-electron chi connectivity index (χ3n) is 5.77. The van der Waals surface area contributed by atoms with Gasteiger partial charge in [-0.2, -0.15) is 0 Å². The molecule has 4 aromatic rings. The molecule has 5 rings (SSSR count). The highest BCUT2D eigenvalue weighted by Gasteiger charge is 2.26. The summed E-state index contributed by atoms with van der Waals surface area (Å²) in [6.07, 6.45) is 2.32. The maximum Gasteiger partial charge on any atom is 0.338 e. The van der Waals surface area contributed by atoms with Crippen LogP contribution >= 0.6 is 11.3 Å². The number of hydrogen-bond acceptors (Lipinski definition) is 5. The minimum atomic E-state index is -1.02. The molecule has 6 nitrogen and oxygen atoms in total. The number of pyridine rings is 1. The second kappa shape index (κ2) is 8.43. The molecule has 0 unspecified atom stereocenters. The van der Waals surface area contributed by atoms with Gasteiger partial charge in [0.1, 0.15) is 0 Å². The number of carbonyl (C=O) groups excluding carboxylic acids is 1. The fourth-order valence-corrected chi connectivity index (χ4v) is 5.11. The number of carbonyl (C=O) groups is 2. The Kier molecular flexibility index (Phi) is 5.33. The number of hydrogen-bond donors (Lipinski definition) is 2. The average Bonchev–Trinajstić information content (AvgIpc) is 3.27. The number of aromatic carboxylic acids is 1. The van der Waals surface area contributed by atoms with Gasteiger partial charge in [0.2, 0.25) is 0 Å². The maximum absolute atomic E-state index is 13.6. The third-order valence-corrected chi connectivity index (χ3v) is 6.76. The molecule has 7 heteroatoms. The van der Waals surface area contributed by atoms with Gasteiger partial charge in [0.15, 0.2) is 0 Å². The van der Waals surface area contributed by atoms with Crippen LogP contribution in [0.25, 0.3) is 10.2 Å². The van der Waals surface area contributed by atoms with E-state index in [4.69, 9.17) is 0 Å². The molecular formula is C25H21N3O3S. The zero-order valence-electron chi connectivity index (χ0n) is 17.2. The number of thiophene rings is 1. The average molecular weight is 444 g/mol. The third kappa shape index (κ3) is 3.71. The largest absolute Gasteiger partial charge is 0.478 e. The van der Waals surface area contributed by atoms with Gasteiger partial charge in [-0.05, 0) is 23.1 Å². The fraction of sp³-hybridized carbons (Fsp3) is 0.160. The number of carboxylic acid groups (broad SMARTS) is 1.